The molecule has 3 aromatic carbocycles. The first-order chi connectivity index (χ1) is 15.0. The van der Waals surface area contributed by atoms with E-state index >= 15 is 0 Å². The van der Waals surface area contributed by atoms with E-state index in [-0.39, 0.29) is 18.2 Å². The SMILES string of the molecule is COc1ccc(NC(=O)C2(c3ccc(F)cc3)CC(=O)N2c2ccc(OC)cc2)cc1. The first kappa shape index (κ1) is 20.4. The third-order valence-electron chi connectivity index (χ3n) is 5.41. The Labute approximate surface area is 179 Å². The fourth-order valence-corrected chi connectivity index (χ4v) is 3.77. The predicted molar refractivity (Wildman–Crippen MR) is 115 cm³/mol. The fraction of sp³-hybridized carbons (Fsp3) is 0.167. The Kier molecular flexibility index (Phi) is 5.33. The number of β-lactam (4-membered cyclic amide) rings is 1. The van der Waals surface area contributed by atoms with Crippen molar-refractivity contribution in [3.05, 3.63) is 84.2 Å². The van der Waals surface area contributed by atoms with Gasteiger partial charge in [-0.1, -0.05) is 12.1 Å². The summed E-state index contributed by atoms with van der Waals surface area (Å²) in [4.78, 5) is 27.7. The molecule has 1 saturated heterocycles. The molecular weight excluding hydrogens is 399 g/mol. The molecule has 0 aliphatic carbocycles. The molecule has 1 atom stereocenters. The van der Waals surface area contributed by atoms with Crippen LogP contribution < -0.4 is 19.7 Å². The Balaban J connectivity index is 1.74. The van der Waals surface area contributed by atoms with Gasteiger partial charge in [0.25, 0.3) is 5.91 Å². The number of anilines is 2. The predicted octanol–water partition coefficient (Wildman–Crippen LogP) is 4.11. The third kappa shape index (κ3) is 3.59. The van der Waals surface area contributed by atoms with Gasteiger partial charge < -0.3 is 14.8 Å². The first-order valence-corrected chi connectivity index (χ1v) is 9.66. The smallest absolute Gasteiger partial charge is 0.255 e. The summed E-state index contributed by atoms with van der Waals surface area (Å²) in [7, 11) is 3.11. The van der Waals surface area contributed by atoms with Gasteiger partial charge in [0.2, 0.25) is 5.91 Å². The monoisotopic (exact) mass is 420 g/mol. The molecule has 2 amide bonds. The molecule has 0 saturated carbocycles. The number of methoxy groups -OCH3 is 2. The average Bonchev–Trinajstić information content (AvgIpc) is 2.79. The lowest BCUT2D eigenvalue weighted by atomic mass is 9.76. The molecule has 1 heterocycles. The van der Waals surface area contributed by atoms with E-state index in [1.807, 2.05) is 0 Å². The van der Waals surface area contributed by atoms with Crippen molar-refractivity contribution in [1.29, 1.82) is 0 Å². The summed E-state index contributed by atoms with van der Waals surface area (Å²) in [6.45, 7) is 0. The first-order valence-electron chi connectivity index (χ1n) is 9.66. The number of nitrogens with one attached hydrogen (secondary N) is 1. The highest BCUT2D eigenvalue weighted by Gasteiger charge is 2.58. The van der Waals surface area contributed by atoms with Crippen molar-refractivity contribution < 1.29 is 23.5 Å². The maximum atomic E-state index is 13.6. The number of hydrogen-bond donors (Lipinski definition) is 1. The quantitative estimate of drug-likeness (QED) is 0.610. The molecule has 31 heavy (non-hydrogen) atoms. The van der Waals surface area contributed by atoms with Crippen LogP contribution >= 0.6 is 0 Å². The largest absolute Gasteiger partial charge is 0.497 e. The van der Waals surface area contributed by atoms with Crippen molar-refractivity contribution in [2.75, 3.05) is 24.4 Å². The number of rotatable bonds is 6. The van der Waals surface area contributed by atoms with E-state index in [4.69, 9.17) is 9.47 Å². The molecule has 1 fully saturated rings. The van der Waals surface area contributed by atoms with Crippen molar-refractivity contribution >= 4 is 23.2 Å². The van der Waals surface area contributed by atoms with E-state index in [0.29, 0.717) is 28.4 Å². The van der Waals surface area contributed by atoms with Crippen LogP contribution in [0.5, 0.6) is 11.5 Å². The van der Waals surface area contributed by atoms with Crippen molar-refractivity contribution in [1.82, 2.24) is 0 Å². The Morgan fingerprint density at radius 1 is 0.903 bits per heavy atom. The van der Waals surface area contributed by atoms with E-state index in [1.54, 1.807) is 62.8 Å². The minimum Gasteiger partial charge on any atom is -0.497 e. The molecule has 4 rings (SSSR count). The van der Waals surface area contributed by atoms with Crippen LogP contribution in [0.15, 0.2) is 72.8 Å². The van der Waals surface area contributed by atoms with Crippen molar-refractivity contribution in [3.8, 4) is 11.5 Å². The van der Waals surface area contributed by atoms with Crippen LogP contribution in [-0.2, 0) is 15.1 Å². The lowest BCUT2D eigenvalue weighted by Crippen LogP contribution is -2.67. The lowest BCUT2D eigenvalue weighted by molar-refractivity contribution is -0.137. The Morgan fingerprint density at radius 3 is 1.97 bits per heavy atom. The van der Waals surface area contributed by atoms with Gasteiger partial charge in [0, 0.05) is 11.4 Å². The summed E-state index contributed by atoms with van der Waals surface area (Å²) in [6.07, 6.45) is -0.0351. The number of ether oxygens (including phenoxy) is 2. The molecule has 0 radical (unpaired) electrons. The topological polar surface area (TPSA) is 67.9 Å². The van der Waals surface area contributed by atoms with Gasteiger partial charge in [-0.15, -0.1) is 0 Å². The van der Waals surface area contributed by atoms with Crippen molar-refractivity contribution in [2.45, 2.75) is 12.0 Å². The molecule has 1 unspecified atom stereocenters. The summed E-state index contributed by atoms with van der Waals surface area (Å²) >= 11 is 0. The standard InChI is InChI=1S/C24H21FN2O4/c1-30-20-11-7-18(8-12-20)26-23(29)24(16-3-5-17(25)6-4-16)15-22(28)27(24)19-9-13-21(31-2)14-10-19/h3-14H,15H2,1-2H3,(H,26,29). The summed E-state index contributed by atoms with van der Waals surface area (Å²) in [5.74, 6) is 0.270. The second-order valence-corrected chi connectivity index (χ2v) is 7.15. The number of halogens is 1. The lowest BCUT2D eigenvalue weighted by Gasteiger charge is -2.50. The molecule has 0 spiro atoms. The molecule has 1 aliphatic heterocycles. The summed E-state index contributed by atoms with van der Waals surface area (Å²) < 4.78 is 23.9. The van der Waals surface area contributed by atoms with E-state index in [2.05, 4.69) is 5.32 Å². The van der Waals surface area contributed by atoms with Crippen LogP contribution in [0.1, 0.15) is 12.0 Å². The van der Waals surface area contributed by atoms with Crippen LogP contribution in [0.4, 0.5) is 15.8 Å². The maximum Gasteiger partial charge on any atom is 0.255 e. The Bertz CT molecular complexity index is 1100. The van der Waals surface area contributed by atoms with Gasteiger partial charge in [0.1, 0.15) is 17.3 Å². The number of carbonyl (C=O) groups excluding carboxylic acids is 2. The zero-order chi connectivity index (χ0) is 22.0. The number of benzene rings is 3. The number of nitrogens with zero attached hydrogens (tertiary/aromatic N) is 1. The van der Waals surface area contributed by atoms with Gasteiger partial charge in [0.15, 0.2) is 5.54 Å². The maximum absolute atomic E-state index is 13.6. The second kappa shape index (κ2) is 8.10. The molecule has 1 aliphatic rings. The van der Waals surface area contributed by atoms with Crippen LogP contribution in [0.25, 0.3) is 0 Å². The molecule has 6 nitrogen and oxygen atoms in total. The zero-order valence-electron chi connectivity index (χ0n) is 17.1. The van der Waals surface area contributed by atoms with E-state index < -0.39 is 11.4 Å². The average molecular weight is 420 g/mol. The molecule has 7 heteroatoms. The van der Waals surface area contributed by atoms with Gasteiger partial charge in [-0.05, 0) is 66.2 Å². The Hall–Kier alpha value is -3.87. The van der Waals surface area contributed by atoms with E-state index in [0.717, 1.165) is 0 Å². The molecule has 3 aromatic rings. The highest BCUT2D eigenvalue weighted by Crippen LogP contribution is 2.46. The van der Waals surface area contributed by atoms with Crippen molar-refractivity contribution in [2.24, 2.45) is 0 Å². The summed E-state index contributed by atoms with van der Waals surface area (Å²) in [6, 6.07) is 19.4. The third-order valence-corrected chi connectivity index (χ3v) is 5.41. The molecule has 1 N–H and O–H groups in total. The van der Waals surface area contributed by atoms with Gasteiger partial charge in [0.05, 0.1) is 20.6 Å². The summed E-state index contributed by atoms with van der Waals surface area (Å²) in [5.41, 5.74) is 0.321. The highest BCUT2D eigenvalue weighted by atomic mass is 19.1. The van der Waals surface area contributed by atoms with Crippen LogP contribution in [0.3, 0.4) is 0 Å². The van der Waals surface area contributed by atoms with Crippen LogP contribution in [-0.4, -0.2) is 26.0 Å². The van der Waals surface area contributed by atoms with Gasteiger partial charge >= 0.3 is 0 Å². The van der Waals surface area contributed by atoms with Crippen LogP contribution in [0.2, 0.25) is 0 Å². The van der Waals surface area contributed by atoms with Gasteiger partial charge in [-0.3, -0.25) is 14.5 Å². The molecule has 0 bridgehead atoms. The second-order valence-electron chi connectivity index (χ2n) is 7.15. The van der Waals surface area contributed by atoms with Gasteiger partial charge in [-0.25, -0.2) is 4.39 Å². The van der Waals surface area contributed by atoms with Crippen molar-refractivity contribution in [3.63, 3.8) is 0 Å². The van der Waals surface area contributed by atoms with E-state index in [9.17, 15) is 14.0 Å². The number of amides is 2. The fourth-order valence-electron chi connectivity index (χ4n) is 3.77. The minimum atomic E-state index is -1.31. The normalized spacial score (nSPS) is 17.6. The molecular formula is C24H21FN2O4. The minimum absolute atomic E-state index is 0.0351. The number of hydrogen-bond acceptors (Lipinski definition) is 4. The van der Waals surface area contributed by atoms with E-state index in [1.165, 1.54) is 29.2 Å². The summed E-state index contributed by atoms with van der Waals surface area (Å²) in [5, 5.41) is 2.89. The molecule has 158 valence electrons. The van der Waals surface area contributed by atoms with Crippen LogP contribution in [0, 0.1) is 5.82 Å². The number of carbonyl (C=O) groups is 2. The highest BCUT2D eigenvalue weighted by molar-refractivity contribution is 6.17. The molecule has 0 aromatic heterocycles. The zero-order valence-corrected chi connectivity index (χ0v) is 17.1. The Morgan fingerprint density at radius 2 is 1.45 bits per heavy atom. The van der Waals surface area contributed by atoms with Gasteiger partial charge in [-0.2, -0.15) is 0 Å².